The number of esters is 1. The van der Waals surface area contributed by atoms with Crippen molar-refractivity contribution in [3.63, 3.8) is 0 Å². The zero-order valence-electron chi connectivity index (χ0n) is 12.4. The molecule has 0 radical (unpaired) electrons. The second kappa shape index (κ2) is 5.64. The third-order valence-electron chi connectivity index (χ3n) is 3.91. The summed E-state index contributed by atoms with van der Waals surface area (Å²) in [6, 6.07) is 4.23. The Hall–Kier alpha value is -2.32. The molecule has 7 nitrogen and oxygen atoms in total. The Morgan fingerprint density at radius 3 is 2.92 bits per heavy atom. The minimum Gasteiger partial charge on any atom is -0.468 e. The maximum absolute atomic E-state index is 12.7. The average molecular weight is 363 g/mol. The van der Waals surface area contributed by atoms with Gasteiger partial charge in [0.05, 0.1) is 24.5 Å². The molecule has 4 rings (SSSR count). The van der Waals surface area contributed by atoms with Gasteiger partial charge in [-0.25, -0.2) is 14.8 Å². The van der Waals surface area contributed by atoms with E-state index in [4.69, 9.17) is 16.3 Å². The van der Waals surface area contributed by atoms with E-state index >= 15 is 0 Å². The van der Waals surface area contributed by atoms with Gasteiger partial charge in [-0.2, -0.15) is 0 Å². The van der Waals surface area contributed by atoms with Crippen LogP contribution in [0.2, 0.25) is 5.15 Å². The Morgan fingerprint density at radius 2 is 2.17 bits per heavy atom. The molecule has 2 atom stereocenters. The van der Waals surface area contributed by atoms with Crippen LogP contribution >= 0.6 is 23.4 Å². The number of halogens is 1. The second-order valence-corrected chi connectivity index (χ2v) is 6.73. The summed E-state index contributed by atoms with van der Waals surface area (Å²) in [5.74, 6) is -0.394. The molecule has 2 amide bonds. The van der Waals surface area contributed by atoms with Crippen molar-refractivity contribution < 1.29 is 14.3 Å². The van der Waals surface area contributed by atoms with Crippen LogP contribution in [0.1, 0.15) is 11.6 Å². The van der Waals surface area contributed by atoms with E-state index in [-0.39, 0.29) is 11.2 Å². The van der Waals surface area contributed by atoms with Crippen LogP contribution in [0.5, 0.6) is 0 Å². The fourth-order valence-electron chi connectivity index (χ4n) is 2.91. The number of anilines is 2. The number of carbonyl (C=O) groups is 2. The van der Waals surface area contributed by atoms with E-state index in [2.05, 4.69) is 15.3 Å². The summed E-state index contributed by atoms with van der Waals surface area (Å²) in [5, 5.41) is 3.31. The number of rotatable bonds is 2. The number of thioether (sulfide) groups is 1. The highest BCUT2D eigenvalue weighted by Crippen LogP contribution is 2.50. The van der Waals surface area contributed by atoms with Gasteiger partial charge in [-0.05, 0) is 18.2 Å². The van der Waals surface area contributed by atoms with E-state index in [1.807, 2.05) is 0 Å². The molecule has 24 heavy (non-hydrogen) atoms. The van der Waals surface area contributed by atoms with Crippen molar-refractivity contribution in [3.8, 4) is 0 Å². The van der Waals surface area contributed by atoms with E-state index in [0.29, 0.717) is 16.4 Å². The highest BCUT2D eigenvalue weighted by Gasteiger charge is 2.47. The summed E-state index contributed by atoms with van der Waals surface area (Å²) < 4.78 is 4.85. The highest BCUT2D eigenvalue weighted by atomic mass is 35.5. The Labute approximate surface area is 146 Å². The highest BCUT2D eigenvalue weighted by molar-refractivity contribution is 8.01. The third kappa shape index (κ3) is 2.22. The monoisotopic (exact) mass is 362 g/mol. The van der Waals surface area contributed by atoms with Crippen LogP contribution in [0, 0.1) is 0 Å². The molecule has 2 aliphatic rings. The molecular weight excluding hydrogens is 352 g/mol. The first kappa shape index (κ1) is 15.2. The van der Waals surface area contributed by atoms with E-state index < -0.39 is 17.3 Å². The standard InChI is InChI=1S/C15H11ClN4O3S/c1-23-14(21)12-11-10-8(3-5-18-13(10)24-12)20(15(22)19-11)7-2-4-17-9(16)6-7/h2-6,11-12H,1H3,(H,19,22). The van der Waals surface area contributed by atoms with Crippen LogP contribution in [-0.4, -0.2) is 34.3 Å². The Bertz CT molecular complexity index is 862. The summed E-state index contributed by atoms with van der Waals surface area (Å²) in [5.41, 5.74) is 2.08. The summed E-state index contributed by atoms with van der Waals surface area (Å²) in [6.07, 6.45) is 3.15. The lowest BCUT2D eigenvalue weighted by Crippen LogP contribution is -2.47. The quantitative estimate of drug-likeness (QED) is 0.653. The van der Waals surface area contributed by atoms with Gasteiger partial charge in [0.2, 0.25) is 0 Å². The number of amides is 2. The maximum atomic E-state index is 12.7. The van der Waals surface area contributed by atoms with Crippen molar-refractivity contribution in [3.05, 3.63) is 41.3 Å². The topological polar surface area (TPSA) is 84.4 Å². The molecule has 2 aromatic rings. The van der Waals surface area contributed by atoms with Gasteiger partial charge in [0.1, 0.15) is 15.4 Å². The molecule has 0 aliphatic carbocycles. The number of hydrogen-bond acceptors (Lipinski definition) is 6. The molecule has 0 bridgehead atoms. The van der Waals surface area contributed by atoms with Crippen molar-refractivity contribution in [2.45, 2.75) is 16.3 Å². The molecule has 0 fully saturated rings. The number of methoxy groups -OCH3 is 1. The summed E-state index contributed by atoms with van der Waals surface area (Å²) in [4.78, 5) is 34.5. The van der Waals surface area contributed by atoms with Gasteiger partial charge in [-0.3, -0.25) is 9.69 Å². The molecule has 4 heterocycles. The van der Waals surface area contributed by atoms with Gasteiger partial charge < -0.3 is 10.1 Å². The predicted octanol–water partition coefficient (Wildman–Crippen LogP) is 2.68. The van der Waals surface area contributed by atoms with Crippen molar-refractivity contribution >= 4 is 46.7 Å². The molecule has 122 valence electrons. The first-order valence-corrected chi connectivity index (χ1v) is 8.31. The van der Waals surface area contributed by atoms with E-state index in [9.17, 15) is 9.59 Å². The minimum atomic E-state index is -0.550. The average Bonchev–Trinajstić information content (AvgIpc) is 2.94. The molecule has 1 N–H and O–H groups in total. The smallest absolute Gasteiger partial charge is 0.327 e. The molecule has 0 spiro atoms. The van der Waals surface area contributed by atoms with Crippen molar-refractivity contribution in [2.75, 3.05) is 12.0 Å². The summed E-state index contributed by atoms with van der Waals surface area (Å²) >= 11 is 7.24. The SMILES string of the molecule is COC(=O)C1Sc2nccc3c2C1NC(=O)N3c1ccnc(Cl)c1. The number of hydrogen-bond donors (Lipinski definition) is 1. The second-order valence-electron chi connectivity index (χ2n) is 5.21. The van der Waals surface area contributed by atoms with E-state index in [0.717, 1.165) is 5.56 Å². The summed E-state index contributed by atoms with van der Waals surface area (Å²) in [7, 11) is 1.33. The third-order valence-corrected chi connectivity index (χ3v) is 5.38. The lowest BCUT2D eigenvalue weighted by Gasteiger charge is -2.33. The lowest BCUT2D eigenvalue weighted by atomic mass is 10.0. The van der Waals surface area contributed by atoms with Crippen LogP contribution in [0.3, 0.4) is 0 Å². The number of carbonyl (C=O) groups excluding carboxylic acids is 2. The van der Waals surface area contributed by atoms with Crippen LogP contribution < -0.4 is 10.2 Å². The summed E-state index contributed by atoms with van der Waals surface area (Å²) in [6.45, 7) is 0. The Balaban J connectivity index is 1.85. The number of ether oxygens (including phenoxy) is 1. The Morgan fingerprint density at radius 1 is 1.38 bits per heavy atom. The first-order chi connectivity index (χ1) is 11.6. The largest absolute Gasteiger partial charge is 0.468 e. The normalized spacial score (nSPS) is 21.2. The molecule has 0 aromatic carbocycles. The molecule has 0 saturated carbocycles. The van der Waals surface area contributed by atoms with Gasteiger partial charge in [0.25, 0.3) is 0 Å². The number of pyridine rings is 2. The fourth-order valence-corrected chi connectivity index (χ4v) is 4.33. The molecule has 0 saturated heterocycles. The van der Waals surface area contributed by atoms with Crippen LogP contribution in [0.15, 0.2) is 35.6 Å². The predicted molar refractivity (Wildman–Crippen MR) is 88.6 cm³/mol. The number of nitrogens with one attached hydrogen (secondary N) is 1. The van der Waals surface area contributed by atoms with E-state index in [1.54, 1.807) is 24.4 Å². The molecule has 2 aromatic heterocycles. The fraction of sp³-hybridized carbons (Fsp3) is 0.200. The number of nitrogens with zero attached hydrogens (tertiary/aromatic N) is 3. The molecule has 2 unspecified atom stereocenters. The van der Waals surface area contributed by atoms with Crippen LogP contribution in [0.25, 0.3) is 0 Å². The lowest BCUT2D eigenvalue weighted by molar-refractivity contribution is -0.140. The minimum absolute atomic E-state index is 0.287. The van der Waals surface area contributed by atoms with Gasteiger partial charge in [0, 0.05) is 18.0 Å². The van der Waals surface area contributed by atoms with Crippen molar-refractivity contribution in [2.24, 2.45) is 0 Å². The molecule has 9 heteroatoms. The van der Waals surface area contributed by atoms with Crippen LogP contribution in [-0.2, 0) is 9.53 Å². The van der Waals surface area contributed by atoms with Crippen LogP contribution in [0.4, 0.5) is 16.2 Å². The Kier molecular flexibility index (Phi) is 3.58. The van der Waals surface area contributed by atoms with Gasteiger partial charge >= 0.3 is 12.0 Å². The van der Waals surface area contributed by atoms with Gasteiger partial charge in [-0.1, -0.05) is 23.4 Å². The zero-order chi connectivity index (χ0) is 16.8. The molecular formula is C15H11ClN4O3S. The number of aromatic nitrogens is 2. The zero-order valence-corrected chi connectivity index (χ0v) is 14.0. The van der Waals surface area contributed by atoms with Gasteiger partial charge in [0.15, 0.2) is 0 Å². The van der Waals surface area contributed by atoms with Crippen molar-refractivity contribution in [1.29, 1.82) is 0 Å². The van der Waals surface area contributed by atoms with Crippen molar-refractivity contribution in [1.82, 2.24) is 15.3 Å². The van der Waals surface area contributed by atoms with E-state index in [1.165, 1.54) is 30.0 Å². The number of urea groups is 1. The maximum Gasteiger partial charge on any atom is 0.327 e. The van der Waals surface area contributed by atoms with Gasteiger partial charge in [-0.15, -0.1) is 0 Å². The first-order valence-electron chi connectivity index (χ1n) is 7.05. The molecule has 2 aliphatic heterocycles.